The van der Waals surface area contributed by atoms with Gasteiger partial charge in [-0.15, -0.1) is 4.52 Å². The number of azide groups is 1. The van der Waals surface area contributed by atoms with Gasteiger partial charge in [0.15, 0.2) is 6.73 Å². The summed E-state index contributed by atoms with van der Waals surface area (Å²) in [5.41, 5.74) is 7.56. The third kappa shape index (κ3) is 5.33. The number of nitrogens with zero attached hydrogens (tertiary/aromatic N) is 3. The molecule has 44 valence electrons. The molecule has 0 heterocycles. The average Bonchev–Trinajstić information content (AvgIpc) is 1.66. The summed E-state index contributed by atoms with van der Waals surface area (Å²) in [7, 11) is -2.88. The second kappa shape index (κ2) is 4.49. The van der Waals surface area contributed by atoms with Crippen LogP contribution in [0.25, 0.3) is 10.4 Å². The number of hydrogen-bond acceptors (Lipinski definition) is 4. The summed E-state index contributed by atoms with van der Waals surface area (Å²) in [5, 5.41) is 2.79. The van der Waals surface area contributed by atoms with Crippen LogP contribution in [0.3, 0.4) is 0 Å². The third-order valence-corrected chi connectivity index (χ3v) is 0.610. The first-order valence-corrected chi connectivity index (χ1v) is 2.65. The van der Waals surface area contributed by atoms with Crippen molar-refractivity contribution in [3.8, 4) is 0 Å². The van der Waals surface area contributed by atoms with E-state index >= 15 is 0 Å². The van der Waals surface area contributed by atoms with Crippen molar-refractivity contribution in [2.75, 3.05) is 6.73 Å². The molecule has 1 unspecified atom stereocenters. The van der Waals surface area contributed by atoms with Gasteiger partial charge in [0.25, 0.3) is 0 Å². The molecule has 0 saturated heterocycles. The molecule has 7 heteroatoms. The van der Waals surface area contributed by atoms with E-state index in [4.69, 9.17) is 5.53 Å². The Bertz CT molecular complexity index is 126. The second-order valence-corrected chi connectivity index (χ2v) is 1.42. The summed E-state index contributed by atoms with van der Waals surface area (Å²) in [6.07, 6.45) is 0. The van der Waals surface area contributed by atoms with Crippen molar-refractivity contribution in [3.63, 3.8) is 0 Å². The van der Waals surface area contributed by atoms with Crippen LogP contribution in [0.2, 0.25) is 0 Å². The first kappa shape index (κ1) is 7.33. The zero-order valence-electron chi connectivity index (χ0n) is 3.72. The smallest absolute Gasteiger partial charge is 0.488 e. The Balaban J connectivity index is 3.18. The summed E-state index contributed by atoms with van der Waals surface area (Å²) >= 11 is 0. The average molecular weight is 135 g/mol. The molecule has 0 saturated carbocycles. The van der Waals surface area contributed by atoms with Crippen LogP contribution in [0.1, 0.15) is 0 Å². The van der Waals surface area contributed by atoms with E-state index in [9.17, 15) is 9.46 Å². The first-order chi connectivity index (χ1) is 3.77. The summed E-state index contributed by atoms with van der Waals surface area (Å²) in [6, 6.07) is 0. The maximum Gasteiger partial charge on any atom is 0.488 e. The highest BCUT2D eigenvalue weighted by atomic mass is 31.1. The third-order valence-electron chi connectivity index (χ3n) is 0.284. The minimum atomic E-state index is -2.88. The van der Waals surface area contributed by atoms with Crippen LogP contribution >= 0.6 is 8.25 Å². The van der Waals surface area contributed by atoms with Crippen LogP contribution in [0.15, 0.2) is 5.11 Å². The van der Waals surface area contributed by atoms with Gasteiger partial charge in [0.05, 0.1) is 0 Å². The zero-order valence-corrected chi connectivity index (χ0v) is 4.62. The van der Waals surface area contributed by atoms with Gasteiger partial charge < -0.3 is 4.89 Å². The van der Waals surface area contributed by atoms with Gasteiger partial charge in [0.2, 0.25) is 0 Å². The molecule has 0 N–H and O–H groups in total. The molecule has 8 heavy (non-hydrogen) atoms. The molecule has 0 rings (SSSR count). The lowest BCUT2D eigenvalue weighted by atomic mass is 11.4. The van der Waals surface area contributed by atoms with Crippen molar-refractivity contribution in [2.45, 2.75) is 0 Å². The van der Waals surface area contributed by atoms with Crippen molar-refractivity contribution >= 4 is 8.25 Å². The van der Waals surface area contributed by atoms with Gasteiger partial charge in [-0.3, -0.25) is 0 Å². The molecule has 0 aliphatic heterocycles. The molecule has 0 radical (unpaired) electrons. The van der Waals surface area contributed by atoms with Gasteiger partial charge in [-0.1, -0.05) is 5.11 Å². The summed E-state index contributed by atoms with van der Waals surface area (Å²) in [6.45, 7) is -0.463. The van der Waals surface area contributed by atoms with Gasteiger partial charge in [-0.05, 0) is 10.1 Å². The van der Waals surface area contributed by atoms with E-state index in [2.05, 4.69) is 14.5 Å². The van der Waals surface area contributed by atoms with Gasteiger partial charge >= 0.3 is 8.25 Å². The number of hydrogen-bond donors (Lipinski definition) is 0. The highest BCUT2D eigenvalue weighted by molar-refractivity contribution is 7.30. The van der Waals surface area contributed by atoms with Crippen LogP contribution in [-0.4, -0.2) is 6.73 Å². The topological polar surface area (TPSA) is 98.1 Å². The predicted molar refractivity (Wildman–Crippen MR) is 22.7 cm³/mol. The van der Waals surface area contributed by atoms with Crippen LogP contribution in [0, 0.1) is 0 Å². The van der Waals surface area contributed by atoms with E-state index in [1.165, 1.54) is 0 Å². The molecule has 0 bridgehead atoms. The Morgan fingerprint density at radius 3 is 3.00 bits per heavy atom. The van der Waals surface area contributed by atoms with E-state index in [1.54, 1.807) is 0 Å². The Kier molecular flexibility index (Phi) is 4.11. The Morgan fingerprint density at radius 2 is 2.62 bits per heavy atom. The van der Waals surface area contributed by atoms with Gasteiger partial charge in [0, 0.05) is 4.91 Å². The second-order valence-electron chi connectivity index (χ2n) is 0.713. The SMILES string of the molecule is [N-]=[N+]=NCO[P+](=O)[O-]. The van der Waals surface area contributed by atoms with Crippen LogP contribution < -0.4 is 4.89 Å². The molecule has 1 atom stereocenters. The van der Waals surface area contributed by atoms with Gasteiger partial charge in [0.1, 0.15) is 0 Å². The lowest BCUT2D eigenvalue weighted by Gasteiger charge is -1.79. The predicted octanol–water partition coefficient (Wildman–Crippen LogP) is 0.288. The number of rotatable bonds is 3. The molecular weight excluding hydrogens is 133 g/mol. The van der Waals surface area contributed by atoms with Gasteiger partial charge in [-0.25, -0.2) is 0 Å². The lowest BCUT2D eigenvalue weighted by molar-refractivity contribution is -0.185. The van der Waals surface area contributed by atoms with E-state index < -0.39 is 15.0 Å². The lowest BCUT2D eigenvalue weighted by Crippen LogP contribution is -1.89. The van der Waals surface area contributed by atoms with Crippen molar-refractivity contribution < 1.29 is 14.0 Å². The van der Waals surface area contributed by atoms with E-state index in [0.29, 0.717) is 0 Å². The maximum atomic E-state index is 9.51. The largest absolute Gasteiger partial charge is 0.566 e. The Labute approximate surface area is 45.7 Å². The van der Waals surface area contributed by atoms with Crippen LogP contribution in [0.4, 0.5) is 0 Å². The molecule has 0 aromatic heterocycles. The van der Waals surface area contributed by atoms with E-state index in [0.717, 1.165) is 0 Å². The molecule has 0 amide bonds. The molecule has 0 spiro atoms. The fourth-order valence-corrected chi connectivity index (χ4v) is 0.245. The minimum absolute atomic E-state index is 0.463. The monoisotopic (exact) mass is 135 g/mol. The van der Waals surface area contributed by atoms with Gasteiger partial charge in [-0.2, -0.15) is 0 Å². The van der Waals surface area contributed by atoms with E-state index in [1.807, 2.05) is 0 Å². The van der Waals surface area contributed by atoms with Crippen molar-refractivity contribution in [3.05, 3.63) is 10.4 Å². The Morgan fingerprint density at radius 1 is 2.00 bits per heavy atom. The molecule has 0 aliphatic rings. The molecule has 0 aromatic carbocycles. The first-order valence-electron chi connectivity index (χ1n) is 1.55. The molecular formula is CH2N3O3P. The molecule has 0 fully saturated rings. The fraction of sp³-hybridized carbons (Fsp3) is 1.00. The molecule has 0 aromatic rings. The zero-order chi connectivity index (χ0) is 6.41. The summed E-state index contributed by atoms with van der Waals surface area (Å²) in [4.78, 5) is 11.7. The quantitative estimate of drug-likeness (QED) is 0.240. The summed E-state index contributed by atoms with van der Waals surface area (Å²) < 4.78 is 13.3. The molecule has 6 nitrogen and oxygen atoms in total. The van der Waals surface area contributed by atoms with Crippen molar-refractivity contribution in [1.82, 2.24) is 0 Å². The summed E-state index contributed by atoms with van der Waals surface area (Å²) in [5.74, 6) is 0. The maximum absolute atomic E-state index is 9.51. The fourth-order valence-electron chi connectivity index (χ4n) is 0.0988. The van der Waals surface area contributed by atoms with Crippen molar-refractivity contribution in [2.24, 2.45) is 5.11 Å². The highest BCUT2D eigenvalue weighted by Gasteiger charge is 1.95. The van der Waals surface area contributed by atoms with E-state index in [-0.39, 0.29) is 0 Å². The van der Waals surface area contributed by atoms with Crippen LogP contribution in [-0.2, 0) is 9.09 Å². The highest BCUT2D eigenvalue weighted by Crippen LogP contribution is 2.06. The van der Waals surface area contributed by atoms with Crippen molar-refractivity contribution in [1.29, 1.82) is 0 Å². The minimum Gasteiger partial charge on any atom is -0.566 e. The van der Waals surface area contributed by atoms with Crippen LogP contribution in [0.5, 0.6) is 0 Å². The normalized spacial score (nSPS) is 9.88. The Hall–Kier alpha value is -0.670. The molecule has 0 aliphatic carbocycles. The standard InChI is InChI=1S/CH2N3O3P/c2-4-3-1-7-8(5)6/h1H2.